The lowest BCUT2D eigenvalue weighted by Crippen LogP contribution is -2.65. The monoisotopic (exact) mass is 404 g/mol. The quantitative estimate of drug-likeness (QED) is 0.508. The van der Waals surface area contributed by atoms with Gasteiger partial charge in [0, 0.05) is 30.1 Å². The first-order valence-corrected chi connectivity index (χ1v) is 11.4. The van der Waals surface area contributed by atoms with E-state index in [-0.39, 0.29) is 58.0 Å². The molecule has 0 aromatic rings. The van der Waals surface area contributed by atoms with Gasteiger partial charge in [-0.05, 0) is 55.8 Å². The van der Waals surface area contributed by atoms with Crippen LogP contribution in [0.15, 0.2) is 0 Å². The third-order valence-corrected chi connectivity index (χ3v) is 10.0. The predicted molar refractivity (Wildman–Crippen MR) is 107 cm³/mol. The number of fused-ring (bicyclic) bond motifs is 5. The summed E-state index contributed by atoms with van der Waals surface area (Å²) in [4.78, 5) is 24.0. The van der Waals surface area contributed by atoms with Crippen LogP contribution in [0.1, 0.15) is 80.1 Å². The molecule has 4 saturated carbocycles. The van der Waals surface area contributed by atoms with E-state index < -0.39 is 0 Å². The zero-order valence-electron chi connectivity index (χ0n) is 18.7. The van der Waals surface area contributed by atoms with Crippen molar-refractivity contribution in [2.75, 3.05) is 0 Å². The fourth-order valence-corrected chi connectivity index (χ4v) is 8.98. The average Bonchev–Trinajstić information content (AvgIpc) is 3.37. The van der Waals surface area contributed by atoms with Gasteiger partial charge in [0.05, 0.1) is 12.2 Å². The van der Waals surface area contributed by atoms with E-state index in [0.717, 1.165) is 25.7 Å². The maximum atomic E-state index is 12.0. The second-order valence-electron chi connectivity index (χ2n) is 11.9. The van der Waals surface area contributed by atoms with Gasteiger partial charge in [0.25, 0.3) is 0 Å². The van der Waals surface area contributed by atoms with Crippen molar-refractivity contribution in [3.63, 3.8) is 0 Å². The highest BCUT2D eigenvalue weighted by atomic mass is 16.6. The molecular formula is C24H36O5. The van der Waals surface area contributed by atoms with Crippen molar-refractivity contribution < 1.29 is 23.8 Å². The van der Waals surface area contributed by atoms with Crippen LogP contribution in [0, 0.1) is 33.5 Å². The second kappa shape index (κ2) is 5.77. The Hall–Kier alpha value is -1.10. The van der Waals surface area contributed by atoms with Crippen LogP contribution in [0.4, 0.5) is 0 Å². The molecular weight excluding hydrogens is 368 g/mol. The number of hydrogen-bond acceptors (Lipinski definition) is 5. The summed E-state index contributed by atoms with van der Waals surface area (Å²) in [5.41, 5.74) is 0.142. The molecule has 5 rings (SSSR count). The van der Waals surface area contributed by atoms with Crippen molar-refractivity contribution >= 4 is 11.9 Å². The molecule has 0 unspecified atom stereocenters. The Bertz CT molecular complexity index is 760. The van der Waals surface area contributed by atoms with Gasteiger partial charge in [-0.2, -0.15) is 0 Å². The van der Waals surface area contributed by atoms with Crippen molar-refractivity contribution in [1.82, 2.24) is 0 Å². The Labute approximate surface area is 174 Å². The van der Waals surface area contributed by atoms with Gasteiger partial charge in [-0.1, -0.05) is 27.7 Å². The van der Waals surface area contributed by atoms with Crippen LogP contribution in [-0.2, 0) is 23.8 Å². The smallest absolute Gasteiger partial charge is 0.302 e. The number of rotatable bonds is 2. The molecule has 1 heterocycles. The van der Waals surface area contributed by atoms with Gasteiger partial charge in [0.1, 0.15) is 12.2 Å². The predicted octanol–water partition coefficient (Wildman–Crippen LogP) is 4.27. The van der Waals surface area contributed by atoms with Crippen molar-refractivity contribution in [2.24, 2.45) is 33.5 Å². The number of ether oxygens (including phenoxy) is 3. The summed E-state index contributed by atoms with van der Waals surface area (Å²) in [7, 11) is 0. The Kier molecular flexibility index (Phi) is 3.95. The van der Waals surface area contributed by atoms with Crippen molar-refractivity contribution in [1.29, 1.82) is 0 Å². The molecule has 1 spiro atoms. The molecule has 1 saturated heterocycles. The first-order valence-electron chi connectivity index (χ1n) is 11.4. The Morgan fingerprint density at radius 3 is 2.17 bits per heavy atom. The molecule has 5 fully saturated rings. The second-order valence-corrected chi connectivity index (χ2v) is 11.9. The summed E-state index contributed by atoms with van der Waals surface area (Å²) >= 11 is 0. The Morgan fingerprint density at radius 1 is 0.862 bits per heavy atom. The van der Waals surface area contributed by atoms with Gasteiger partial charge in [-0.3, -0.25) is 9.59 Å². The van der Waals surface area contributed by atoms with Gasteiger partial charge in [-0.25, -0.2) is 0 Å². The molecule has 1 aliphatic heterocycles. The summed E-state index contributed by atoms with van der Waals surface area (Å²) < 4.78 is 18.2. The third-order valence-electron chi connectivity index (χ3n) is 10.0. The molecule has 2 bridgehead atoms. The summed E-state index contributed by atoms with van der Waals surface area (Å²) in [6.45, 7) is 12.5. The van der Waals surface area contributed by atoms with Crippen LogP contribution in [0.3, 0.4) is 0 Å². The molecule has 5 aliphatic rings. The molecule has 9 atom stereocenters. The van der Waals surface area contributed by atoms with E-state index in [4.69, 9.17) is 14.2 Å². The highest BCUT2D eigenvalue weighted by Gasteiger charge is 2.80. The molecule has 4 aliphatic carbocycles. The van der Waals surface area contributed by atoms with Crippen LogP contribution in [0.25, 0.3) is 0 Å². The molecule has 0 aromatic heterocycles. The number of epoxide rings is 1. The minimum atomic E-state index is -0.203. The zero-order valence-corrected chi connectivity index (χ0v) is 18.7. The normalized spacial score (nSPS) is 53.9. The van der Waals surface area contributed by atoms with Gasteiger partial charge in [0.2, 0.25) is 0 Å². The van der Waals surface area contributed by atoms with Crippen LogP contribution in [-0.4, -0.2) is 36.4 Å². The van der Waals surface area contributed by atoms with Crippen LogP contribution >= 0.6 is 0 Å². The summed E-state index contributed by atoms with van der Waals surface area (Å²) in [5, 5.41) is 0. The number of carbonyl (C=O) groups excluding carboxylic acids is 2. The SMILES string of the molecule is CC(=O)O[C@H]1CCC(C)(C)[C@H]2CC[C@]34C[C@](C)([C@H](OC(C)=O)C[C@H]3[C@]12C)[C@H]1O[C@H]14. The van der Waals surface area contributed by atoms with Crippen molar-refractivity contribution in [3.8, 4) is 0 Å². The van der Waals surface area contributed by atoms with Gasteiger partial charge >= 0.3 is 11.9 Å². The van der Waals surface area contributed by atoms with E-state index in [2.05, 4.69) is 27.7 Å². The van der Waals surface area contributed by atoms with Crippen LogP contribution in [0.5, 0.6) is 0 Å². The molecule has 5 nitrogen and oxygen atoms in total. The highest BCUT2D eigenvalue weighted by molar-refractivity contribution is 5.66. The maximum absolute atomic E-state index is 12.0. The molecule has 162 valence electrons. The molecule has 29 heavy (non-hydrogen) atoms. The molecule has 5 heteroatoms. The topological polar surface area (TPSA) is 65.1 Å². The molecule has 0 radical (unpaired) electrons. The van der Waals surface area contributed by atoms with E-state index >= 15 is 0 Å². The Morgan fingerprint density at radius 2 is 1.52 bits per heavy atom. The van der Waals surface area contributed by atoms with E-state index in [9.17, 15) is 9.59 Å². The number of hydrogen-bond donors (Lipinski definition) is 0. The van der Waals surface area contributed by atoms with Gasteiger partial charge in [-0.15, -0.1) is 0 Å². The van der Waals surface area contributed by atoms with Crippen molar-refractivity contribution in [3.05, 3.63) is 0 Å². The molecule has 0 N–H and O–H groups in total. The van der Waals surface area contributed by atoms with E-state index in [1.54, 1.807) is 0 Å². The van der Waals surface area contributed by atoms with E-state index in [1.165, 1.54) is 26.7 Å². The number of esters is 2. The van der Waals surface area contributed by atoms with Crippen LogP contribution < -0.4 is 0 Å². The summed E-state index contributed by atoms with van der Waals surface area (Å²) in [6, 6.07) is 0. The lowest BCUT2D eigenvalue weighted by Gasteiger charge is -2.67. The highest BCUT2D eigenvalue weighted by Crippen LogP contribution is 2.78. The fourth-order valence-electron chi connectivity index (χ4n) is 8.98. The summed E-state index contributed by atoms with van der Waals surface area (Å²) in [5.74, 6) is 0.445. The molecule has 0 amide bonds. The lowest BCUT2D eigenvalue weighted by molar-refractivity contribution is -0.241. The van der Waals surface area contributed by atoms with Crippen molar-refractivity contribution in [2.45, 2.75) is 104 Å². The molecule has 0 aromatic carbocycles. The lowest BCUT2D eigenvalue weighted by atomic mass is 9.39. The third kappa shape index (κ3) is 2.43. The van der Waals surface area contributed by atoms with E-state index in [1.807, 2.05) is 0 Å². The van der Waals surface area contributed by atoms with Gasteiger partial charge < -0.3 is 14.2 Å². The average molecular weight is 405 g/mol. The first-order chi connectivity index (χ1) is 13.4. The number of carbonyl (C=O) groups is 2. The fraction of sp³-hybridized carbons (Fsp3) is 0.917. The zero-order chi connectivity index (χ0) is 21.0. The standard InChI is InChI=1S/C24H36O5/c1-13(25)27-17-8-9-21(3,4)15-7-10-24-12-22(5,19-20(24)29-19)18(28-14(2)26)11-16(24)23(15,17)6/h15-20H,7-12H2,1-6H3/t15-,16+,17+,18-,19+,20-,22-,23-,24+/m1/s1. The largest absolute Gasteiger partial charge is 0.462 e. The minimum Gasteiger partial charge on any atom is -0.462 e. The minimum absolute atomic E-state index is 0.0691. The first kappa shape index (κ1) is 19.8. The maximum Gasteiger partial charge on any atom is 0.302 e. The van der Waals surface area contributed by atoms with E-state index in [0.29, 0.717) is 11.8 Å². The summed E-state index contributed by atoms with van der Waals surface area (Å²) in [6.07, 6.45) is 6.57. The van der Waals surface area contributed by atoms with Gasteiger partial charge in [0.15, 0.2) is 0 Å². The Balaban J connectivity index is 1.60. The van der Waals surface area contributed by atoms with Crippen LogP contribution in [0.2, 0.25) is 0 Å².